The molecule has 25 heavy (non-hydrogen) atoms. The second kappa shape index (κ2) is 11.1. The van der Waals surface area contributed by atoms with Crippen LogP contribution in [0.5, 0.6) is 0 Å². The second-order valence-corrected chi connectivity index (χ2v) is 6.87. The Kier molecular flexibility index (Phi) is 8.81. The van der Waals surface area contributed by atoms with Crippen molar-refractivity contribution in [1.29, 1.82) is 0 Å². The molecule has 1 heterocycles. The Bertz CT molecular complexity index is 503. The van der Waals surface area contributed by atoms with E-state index in [9.17, 15) is 0 Å². The highest BCUT2D eigenvalue weighted by Gasteiger charge is 2.28. The lowest BCUT2D eigenvalue weighted by molar-refractivity contribution is 0.144. The standard InChI is InChI=1S/C21H35N3O/c1-4-22-21(23-14-9-10-16-25-5-2)24-15-13-20(18(3)17-24)19-11-7-6-8-12-19/h6-8,11-12,18,20H,4-5,9-10,13-17H2,1-3H3,(H,22,23). The molecule has 0 amide bonds. The van der Waals surface area contributed by atoms with Gasteiger partial charge in [-0.1, -0.05) is 37.3 Å². The number of ether oxygens (including phenoxy) is 1. The van der Waals surface area contributed by atoms with Crippen molar-refractivity contribution in [3.63, 3.8) is 0 Å². The quantitative estimate of drug-likeness (QED) is 0.441. The van der Waals surface area contributed by atoms with Crippen molar-refractivity contribution in [3.05, 3.63) is 35.9 Å². The van der Waals surface area contributed by atoms with E-state index < -0.39 is 0 Å². The summed E-state index contributed by atoms with van der Waals surface area (Å²) in [5.74, 6) is 2.38. The molecule has 4 nitrogen and oxygen atoms in total. The van der Waals surface area contributed by atoms with Crippen LogP contribution >= 0.6 is 0 Å². The van der Waals surface area contributed by atoms with Crippen molar-refractivity contribution >= 4 is 5.96 Å². The molecule has 1 aromatic carbocycles. The van der Waals surface area contributed by atoms with Crippen LogP contribution in [0.4, 0.5) is 0 Å². The predicted molar refractivity (Wildman–Crippen MR) is 106 cm³/mol. The Morgan fingerprint density at radius 2 is 2.04 bits per heavy atom. The smallest absolute Gasteiger partial charge is 0.193 e. The van der Waals surface area contributed by atoms with Gasteiger partial charge in [0, 0.05) is 39.4 Å². The van der Waals surface area contributed by atoms with Crippen LogP contribution < -0.4 is 5.32 Å². The van der Waals surface area contributed by atoms with Gasteiger partial charge in [0.1, 0.15) is 0 Å². The molecular formula is C21H35N3O. The van der Waals surface area contributed by atoms with Gasteiger partial charge in [-0.15, -0.1) is 0 Å². The third-order valence-electron chi connectivity index (χ3n) is 4.93. The molecule has 1 aromatic rings. The van der Waals surface area contributed by atoms with Crippen LogP contribution in [-0.4, -0.2) is 50.3 Å². The van der Waals surface area contributed by atoms with E-state index in [1.807, 2.05) is 6.92 Å². The van der Waals surface area contributed by atoms with Crippen molar-refractivity contribution in [2.45, 2.75) is 46.0 Å². The number of aliphatic imine (C=N–C) groups is 1. The van der Waals surface area contributed by atoms with Crippen molar-refractivity contribution < 1.29 is 4.74 Å². The molecule has 140 valence electrons. The molecule has 0 bridgehead atoms. The van der Waals surface area contributed by atoms with Crippen LogP contribution in [0.2, 0.25) is 0 Å². The van der Waals surface area contributed by atoms with Crippen LogP contribution in [0.15, 0.2) is 35.3 Å². The average Bonchev–Trinajstić information content (AvgIpc) is 2.64. The molecule has 0 spiro atoms. The Morgan fingerprint density at radius 3 is 2.72 bits per heavy atom. The first kappa shape index (κ1) is 19.8. The van der Waals surface area contributed by atoms with Crippen molar-refractivity contribution in [2.75, 3.05) is 39.4 Å². The molecule has 0 aromatic heterocycles. The molecule has 2 rings (SSSR count). The summed E-state index contributed by atoms with van der Waals surface area (Å²) in [6.45, 7) is 12.2. The first-order valence-electron chi connectivity index (χ1n) is 9.92. The number of unbranched alkanes of at least 4 members (excludes halogenated alkanes) is 1. The normalized spacial score (nSPS) is 21.4. The maximum Gasteiger partial charge on any atom is 0.193 e. The van der Waals surface area contributed by atoms with E-state index in [1.165, 1.54) is 12.0 Å². The second-order valence-electron chi connectivity index (χ2n) is 6.87. The number of nitrogens with zero attached hydrogens (tertiary/aromatic N) is 2. The third kappa shape index (κ3) is 6.35. The first-order chi connectivity index (χ1) is 12.3. The highest BCUT2D eigenvalue weighted by molar-refractivity contribution is 5.80. The minimum absolute atomic E-state index is 0.637. The molecule has 0 aliphatic carbocycles. The predicted octanol–water partition coefficient (Wildman–Crippen LogP) is 3.89. The van der Waals surface area contributed by atoms with Gasteiger partial charge in [0.25, 0.3) is 0 Å². The van der Waals surface area contributed by atoms with E-state index in [0.717, 1.165) is 58.2 Å². The van der Waals surface area contributed by atoms with Crippen LogP contribution in [-0.2, 0) is 4.74 Å². The minimum atomic E-state index is 0.637. The minimum Gasteiger partial charge on any atom is -0.382 e. The summed E-state index contributed by atoms with van der Waals surface area (Å²) in [5, 5.41) is 3.47. The number of benzene rings is 1. The molecule has 2 atom stereocenters. The Morgan fingerprint density at radius 1 is 1.24 bits per heavy atom. The van der Waals surface area contributed by atoms with Crippen LogP contribution in [0, 0.1) is 5.92 Å². The van der Waals surface area contributed by atoms with Crippen LogP contribution in [0.3, 0.4) is 0 Å². The highest BCUT2D eigenvalue weighted by Crippen LogP contribution is 2.32. The molecule has 0 saturated carbocycles. The lowest BCUT2D eigenvalue weighted by Crippen LogP contribution is -2.48. The molecule has 1 aliphatic heterocycles. The number of rotatable bonds is 8. The Balaban J connectivity index is 1.87. The monoisotopic (exact) mass is 345 g/mol. The molecule has 1 saturated heterocycles. The molecule has 1 N–H and O–H groups in total. The van der Waals surface area contributed by atoms with Crippen molar-refractivity contribution in [2.24, 2.45) is 10.9 Å². The summed E-state index contributed by atoms with van der Waals surface area (Å²) in [6, 6.07) is 11.0. The maximum atomic E-state index is 5.40. The van der Waals surface area contributed by atoms with Gasteiger partial charge in [0.2, 0.25) is 0 Å². The van der Waals surface area contributed by atoms with Gasteiger partial charge in [-0.05, 0) is 50.5 Å². The number of nitrogens with one attached hydrogen (secondary N) is 1. The van der Waals surface area contributed by atoms with Gasteiger partial charge < -0.3 is 15.0 Å². The lowest BCUT2D eigenvalue weighted by atomic mass is 9.82. The fourth-order valence-electron chi connectivity index (χ4n) is 3.60. The maximum absolute atomic E-state index is 5.40. The van der Waals surface area contributed by atoms with E-state index in [1.54, 1.807) is 0 Å². The topological polar surface area (TPSA) is 36.9 Å². The van der Waals surface area contributed by atoms with Gasteiger partial charge >= 0.3 is 0 Å². The number of piperidine rings is 1. The van der Waals surface area contributed by atoms with Crippen molar-refractivity contribution in [1.82, 2.24) is 10.2 Å². The summed E-state index contributed by atoms with van der Waals surface area (Å²) < 4.78 is 5.40. The Labute approximate surface area is 153 Å². The zero-order valence-electron chi connectivity index (χ0n) is 16.2. The molecule has 0 radical (unpaired) electrons. The summed E-state index contributed by atoms with van der Waals surface area (Å²) in [4.78, 5) is 7.28. The number of hydrogen-bond acceptors (Lipinski definition) is 2. The van der Waals surface area contributed by atoms with E-state index in [2.05, 4.69) is 54.4 Å². The summed E-state index contributed by atoms with van der Waals surface area (Å²) in [5.41, 5.74) is 1.48. The Hall–Kier alpha value is -1.55. The first-order valence-corrected chi connectivity index (χ1v) is 9.92. The third-order valence-corrected chi connectivity index (χ3v) is 4.93. The molecule has 2 unspecified atom stereocenters. The molecule has 1 aliphatic rings. The van der Waals surface area contributed by atoms with Gasteiger partial charge in [0.15, 0.2) is 5.96 Å². The zero-order valence-corrected chi connectivity index (χ0v) is 16.2. The number of hydrogen-bond donors (Lipinski definition) is 1. The fourth-order valence-corrected chi connectivity index (χ4v) is 3.60. The molecular weight excluding hydrogens is 310 g/mol. The largest absolute Gasteiger partial charge is 0.382 e. The van der Waals surface area contributed by atoms with Crippen LogP contribution in [0.1, 0.15) is 51.5 Å². The summed E-state index contributed by atoms with van der Waals surface area (Å²) >= 11 is 0. The highest BCUT2D eigenvalue weighted by atomic mass is 16.5. The lowest BCUT2D eigenvalue weighted by Gasteiger charge is -2.39. The molecule has 4 heteroatoms. The van der Waals surface area contributed by atoms with Crippen molar-refractivity contribution in [3.8, 4) is 0 Å². The fraction of sp³-hybridized carbons (Fsp3) is 0.667. The number of likely N-dealkylation sites (tertiary alicyclic amines) is 1. The SMILES string of the molecule is CCNC(=NCCCCOCC)N1CCC(c2ccccc2)C(C)C1. The van der Waals surface area contributed by atoms with Crippen LogP contribution in [0.25, 0.3) is 0 Å². The van der Waals surface area contributed by atoms with E-state index >= 15 is 0 Å². The van der Waals surface area contributed by atoms with Gasteiger partial charge in [-0.25, -0.2) is 0 Å². The van der Waals surface area contributed by atoms with E-state index in [-0.39, 0.29) is 0 Å². The van der Waals surface area contributed by atoms with Gasteiger partial charge in [-0.2, -0.15) is 0 Å². The average molecular weight is 346 g/mol. The number of guanidine groups is 1. The van der Waals surface area contributed by atoms with E-state index in [4.69, 9.17) is 9.73 Å². The zero-order chi connectivity index (χ0) is 17.9. The van der Waals surface area contributed by atoms with Gasteiger partial charge in [0.05, 0.1) is 0 Å². The molecule has 1 fully saturated rings. The van der Waals surface area contributed by atoms with Gasteiger partial charge in [-0.3, -0.25) is 4.99 Å². The summed E-state index contributed by atoms with van der Waals surface area (Å²) in [6.07, 6.45) is 3.37. The summed E-state index contributed by atoms with van der Waals surface area (Å²) in [7, 11) is 0. The van der Waals surface area contributed by atoms with E-state index in [0.29, 0.717) is 11.8 Å².